The Morgan fingerprint density at radius 3 is 2.58 bits per heavy atom. The molecule has 0 fully saturated rings. The minimum atomic E-state index is -1.25. The quantitative estimate of drug-likeness (QED) is 0.929. The van der Waals surface area contributed by atoms with Crippen molar-refractivity contribution >= 4 is 11.3 Å². The third kappa shape index (κ3) is 2.41. The predicted molar refractivity (Wildman–Crippen MR) is 72.9 cm³/mol. The highest BCUT2D eigenvalue weighted by molar-refractivity contribution is 7.10. The number of ether oxygens (including phenoxy) is 2. The zero-order valence-corrected chi connectivity index (χ0v) is 12.1. The summed E-state index contributed by atoms with van der Waals surface area (Å²) >= 11 is 1.48. The van der Waals surface area contributed by atoms with Crippen molar-refractivity contribution in [3.63, 3.8) is 0 Å². The van der Waals surface area contributed by atoms with Gasteiger partial charge in [-0.2, -0.15) is 4.98 Å². The molecule has 0 bridgehead atoms. The van der Waals surface area contributed by atoms with Crippen LogP contribution in [0.4, 0.5) is 0 Å². The molecule has 2 aromatic rings. The van der Waals surface area contributed by atoms with Crippen molar-refractivity contribution in [3.05, 3.63) is 33.8 Å². The van der Waals surface area contributed by atoms with Gasteiger partial charge in [0.25, 0.3) is 0 Å². The lowest BCUT2D eigenvalue weighted by atomic mass is 9.97. The Morgan fingerprint density at radius 1 is 1.32 bits per heavy atom. The number of rotatable bonds is 4. The molecule has 0 aliphatic heterocycles. The molecule has 102 valence electrons. The fourth-order valence-corrected chi connectivity index (χ4v) is 2.90. The van der Waals surface area contributed by atoms with Crippen LogP contribution in [0.15, 0.2) is 17.6 Å². The van der Waals surface area contributed by atoms with Gasteiger partial charge in [0, 0.05) is 4.88 Å². The van der Waals surface area contributed by atoms with Crippen molar-refractivity contribution in [2.75, 3.05) is 14.2 Å². The van der Waals surface area contributed by atoms with E-state index >= 15 is 0 Å². The number of thiophene rings is 1. The van der Waals surface area contributed by atoms with Crippen LogP contribution >= 0.6 is 11.3 Å². The van der Waals surface area contributed by atoms with E-state index in [0.717, 1.165) is 10.4 Å². The van der Waals surface area contributed by atoms with Gasteiger partial charge in [0.2, 0.25) is 11.8 Å². The second kappa shape index (κ2) is 5.14. The molecular weight excluding hydrogens is 264 g/mol. The van der Waals surface area contributed by atoms with Gasteiger partial charge in [-0.15, -0.1) is 11.3 Å². The number of hydrogen-bond donors (Lipinski definition) is 1. The maximum Gasteiger partial charge on any atom is 0.242 e. The third-order valence-corrected chi connectivity index (χ3v) is 4.11. The van der Waals surface area contributed by atoms with Gasteiger partial charge >= 0.3 is 0 Å². The summed E-state index contributed by atoms with van der Waals surface area (Å²) < 4.78 is 10.2. The highest BCUT2D eigenvalue weighted by Crippen LogP contribution is 2.37. The Labute approximate surface area is 115 Å². The largest absolute Gasteiger partial charge is 0.480 e. The lowest BCUT2D eigenvalue weighted by Crippen LogP contribution is -2.25. The van der Waals surface area contributed by atoms with E-state index < -0.39 is 5.60 Å². The third-order valence-electron chi connectivity index (χ3n) is 2.89. The Bertz CT molecular complexity index is 581. The molecule has 0 saturated heterocycles. The number of aliphatic hydroxyl groups is 1. The molecule has 6 heteroatoms. The molecule has 1 atom stereocenters. The zero-order chi connectivity index (χ0) is 14.0. The standard InChI is InChI=1S/C13H16N2O3S/c1-8-5-6-19-11(8)13(2,16)10-12(18-4)15-9(17-3)7-14-10/h5-7,16H,1-4H3. The van der Waals surface area contributed by atoms with Gasteiger partial charge in [-0.3, -0.25) is 0 Å². The summed E-state index contributed by atoms with van der Waals surface area (Å²) in [5.74, 6) is 0.608. The molecule has 2 aromatic heterocycles. The summed E-state index contributed by atoms with van der Waals surface area (Å²) in [5, 5.41) is 12.7. The Hall–Kier alpha value is -1.66. The van der Waals surface area contributed by atoms with Gasteiger partial charge in [-0.1, -0.05) is 0 Å². The SMILES string of the molecule is COc1cnc(C(C)(O)c2sccc2C)c(OC)n1. The summed E-state index contributed by atoms with van der Waals surface area (Å²) in [7, 11) is 3.00. The topological polar surface area (TPSA) is 64.5 Å². The molecule has 0 radical (unpaired) electrons. The molecule has 1 N–H and O–H groups in total. The summed E-state index contributed by atoms with van der Waals surface area (Å²) in [4.78, 5) is 9.21. The number of hydrogen-bond acceptors (Lipinski definition) is 6. The average Bonchev–Trinajstić information content (AvgIpc) is 2.84. The van der Waals surface area contributed by atoms with Crippen LogP contribution < -0.4 is 9.47 Å². The molecule has 0 spiro atoms. The van der Waals surface area contributed by atoms with E-state index in [2.05, 4.69) is 9.97 Å². The monoisotopic (exact) mass is 280 g/mol. The van der Waals surface area contributed by atoms with Gasteiger partial charge < -0.3 is 14.6 Å². The van der Waals surface area contributed by atoms with Crippen LogP contribution in [0.5, 0.6) is 11.8 Å². The van der Waals surface area contributed by atoms with Crippen LogP contribution in [0.3, 0.4) is 0 Å². The second-order valence-corrected chi connectivity index (χ2v) is 5.19. The fourth-order valence-electron chi connectivity index (χ4n) is 1.91. The van der Waals surface area contributed by atoms with E-state index in [1.165, 1.54) is 31.8 Å². The summed E-state index contributed by atoms with van der Waals surface area (Å²) in [6.07, 6.45) is 1.47. The first-order valence-electron chi connectivity index (χ1n) is 5.73. The van der Waals surface area contributed by atoms with Crippen LogP contribution in [0.1, 0.15) is 23.1 Å². The minimum absolute atomic E-state index is 0.261. The smallest absolute Gasteiger partial charge is 0.242 e. The predicted octanol–water partition coefficient (Wildman–Crippen LogP) is 2.12. The average molecular weight is 280 g/mol. The molecule has 0 aromatic carbocycles. The molecule has 0 amide bonds. The molecular formula is C13H16N2O3S. The molecule has 0 aliphatic rings. The van der Waals surface area contributed by atoms with Crippen molar-refractivity contribution in [2.45, 2.75) is 19.4 Å². The Kier molecular flexibility index (Phi) is 3.73. The molecule has 19 heavy (non-hydrogen) atoms. The van der Waals surface area contributed by atoms with E-state index in [9.17, 15) is 5.11 Å². The van der Waals surface area contributed by atoms with Crippen LogP contribution in [0, 0.1) is 6.92 Å². The normalized spacial score (nSPS) is 13.9. The maximum absolute atomic E-state index is 10.8. The van der Waals surface area contributed by atoms with E-state index in [4.69, 9.17) is 9.47 Å². The van der Waals surface area contributed by atoms with E-state index in [1.807, 2.05) is 18.4 Å². The fraction of sp³-hybridized carbons (Fsp3) is 0.385. The first kappa shape index (κ1) is 13.8. The first-order chi connectivity index (χ1) is 9.00. The van der Waals surface area contributed by atoms with Crippen molar-refractivity contribution in [2.24, 2.45) is 0 Å². The Morgan fingerprint density at radius 2 is 2.05 bits per heavy atom. The second-order valence-electron chi connectivity index (χ2n) is 4.28. The Balaban J connectivity index is 2.54. The van der Waals surface area contributed by atoms with Gasteiger partial charge in [-0.05, 0) is 30.9 Å². The van der Waals surface area contributed by atoms with Crippen molar-refractivity contribution < 1.29 is 14.6 Å². The molecule has 2 rings (SSSR count). The van der Waals surface area contributed by atoms with Crippen LogP contribution in [-0.4, -0.2) is 29.3 Å². The molecule has 2 heterocycles. The highest BCUT2D eigenvalue weighted by Gasteiger charge is 2.34. The van der Waals surface area contributed by atoms with Gasteiger partial charge in [-0.25, -0.2) is 4.98 Å². The van der Waals surface area contributed by atoms with Gasteiger partial charge in [0.1, 0.15) is 11.3 Å². The van der Waals surface area contributed by atoms with Crippen LogP contribution in [0.25, 0.3) is 0 Å². The molecule has 0 aliphatic carbocycles. The van der Waals surface area contributed by atoms with Crippen molar-refractivity contribution in [1.29, 1.82) is 0 Å². The van der Waals surface area contributed by atoms with Gasteiger partial charge in [0.05, 0.1) is 20.4 Å². The van der Waals surface area contributed by atoms with E-state index in [-0.39, 0.29) is 5.88 Å². The number of nitrogens with zero attached hydrogens (tertiary/aromatic N) is 2. The van der Waals surface area contributed by atoms with Gasteiger partial charge in [0.15, 0.2) is 0 Å². The molecule has 0 saturated carbocycles. The zero-order valence-electron chi connectivity index (χ0n) is 11.3. The molecule has 1 unspecified atom stereocenters. The summed E-state index contributed by atoms with van der Waals surface area (Å²) in [6, 6.07) is 1.96. The van der Waals surface area contributed by atoms with Crippen molar-refractivity contribution in [3.8, 4) is 11.8 Å². The maximum atomic E-state index is 10.8. The minimum Gasteiger partial charge on any atom is -0.480 e. The number of aromatic nitrogens is 2. The number of methoxy groups -OCH3 is 2. The van der Waals surface area contributed by atoms with Crippen LogP contribution in [0.2, 0.25) is 0 Å². The van der Waals surface area contributed by atoms with Crippen LogP contribution in [-0.2, 0) is 5.60 Å². The van der Waals surface area contributed by atoms with E-state index in [1.54, 1.807) is 6.92 Å². The van der Waals surface area contributed by atoms with Crippen molar-refractivity contribution in [1.82, 2.24) is 9.97 Å². The highest BCUT2D eigenvalue weighted by atomic mass is 32.1. The number of aryl methyl sites for hydroxylation is 1. The summed E-state index contributed by atoms with van der Waals surface area (Å²) in [5.41, 5.74) is 0.138. The van der Waals surface area contributed by atoms with E-state index in [0.29, 0.717) is 11.6 Å². The lowest BCUT2D eigenvalue weighted by molar-refractivity contribution is 0.0959. The molecule has 5 nitrogen and oxygen atoms in total. The lowest BCUT2D eigenvalue weighted by Gasteiger charge is -2.23. The first-order valence-corrected chi connectivity index (χ1v) is 6.61. The summed E-state index contributed by atoms with van der Waals surface area (Å²) in [6.45, 7) is 3.63.